The van der Waals surface area contributed by atoms with E-state index in [-0.39, 0.29) is 0 Å². The average Bonchev–Trinajstić information content (AvgIpc) is 3.16. The molecule has 0 atom stereocenters. The first-order valence-corrected chi connectivity index (χ1v) is 6.71. The Morgan fingerprint density at radius 2 is 2.00 bits per heavy atom. The Kier molecular flexibility index (Phi) is 3.96. The van der Waals surface area contributed by atoms with Crippen molar-refractivity contribution >= 4 is 18.3 Å². The van der Waals surface area contributed by atoms with E-state index in [4.69, 9.17) is 5.26 Å². The van der Waals surface area contributed by atoms with Crippen molar-refractivity contribution < 1.29 is 0 Å². The van der Waals surface area contributed by atoms with Gasteiger partial charge in [-0.05, 0) is 36.1 Å². The number of hydrogen-bond donors (Lipinski definition) is 1. The van der Waals surface area contributed by atoms with Crippen molar-refractivity contribution in [3.63, 3.8) is 0 Å². The second kappa shape index (κ2) is 5.46. The largest absolute Gasteiger partial charge is 0.370 e. The smallest absolute Gasteiger partial charge is 0.0640 e. The summed E-state index contributed by atoms with van der Waals surface area (Å²) < 4.78 is 0. The summed E-state index contributed by atoms with van der Waals surface area (Å²) in [6, 6.07) is 12.6. The quantitative estimate of drug-likeness (QED) is 0.781. The number of rotatable bonds is 6. The van der Waals surface area contributed by atoms with Crippen molar-refractivity contribution in [3.8, 4) is 6.07 Å². The first kappa shape index (κ1) is 12.3. The monoisotopic (exact) mass is 246 g/mol. The minimum atomic E-state index is 0.397. The molecule has 0 spiro atoms. The van der Waals surface area contributed by atoms with Gasteiger partial charge in [0.05, 0.1) is 12.5 Å². The standard InChI is InChI=1S/C14H18N2S/c15-9-4-10-16(11-14(12-17)7-8-14)13-5-2-1-3-6-13/h1-3,5-6,17H,4,7-8,10-12H2. The molecule has 0 aromatic heterocycles. The molecule has 1 aliphatic carbocycles. The molecule has 0 saturated heterocycles. The summed E-state index contributed by atoms with van der Waals surface area (Å²) >= 11 is 4.45. The summed E-state index contributed by atoms with van der Waals surface area (Å²) in [5, 5.41) is 8.74. The van der Waals surface area contributed by atoms with Gasteiger partial charge in [-0.3, -0.25) is 0 Å². The van der Waals surface area contributed by atoms with E-state index in [2.05, 4.69) is 47.9 Å². The highest BCUT2D eigenvalue weighted by Crippen LogP contribution is 2.47. The minimum absolute atomic E-state index is 0.397. The summed E-state index contributed by atoms with van der Waals surface area (Å²) in [5.41, 5.74) is 1.62. The van der Waals surface area contributed by atoms with Crippen LogP contribution in [0.4, 0.5) is 5.69 Å². The van der Waals surface area contributed by atoms with Crippen molar-refractivity contribution in [2.45, 2.75) is 19.3 Å². The van der Waals surface area contributed by atoms with E-state index in [1.54, 1.807) is 0 Å². The lowest BCUT2D eigenvalue weighted by atomic mass is 10.1. The maximum atomic E-state index is 8.74. The molecule has 0 amide bonds. The normalized spacial score (nSPS) is 16.2. The molecule has 1 fully saturated rings. The first-order chi connectivity index (χ1) is 8.29. The third-order valence-electron chi connectivity index (χ3n) is 3.43. The van der Waals surface area contributed by atoms with Gasteiger partial charge in [-0.2, -0.15) is 17.9 Å². The van der Waals surface area contributed by atoms with Gasteiger partial charge in [0.1, 0.15) is 0 Å². The summed E-state index contributed by atoms with van der Waals surface area (Å²) in [6.45, 7) is 1.85. The molecule has 2 nitrogen and oxygen atoms in total. The molecule has 90 valence electrons. The first-order valence-electron chi connectivity index (χ1n) is 6.07. The van der Waals surface area contributed by atoms with Crippen LogP contribution in [-0.2, 0) is 0 Å². The zero-order valence-electron chi connectivity index (χ0n) is 9.97. The van der Waals surface area contributed by atoms with Gasteiger partial charge in [-0.15, -0.1) is 0 Å². The molecule has 0 aliphatic heterocycles. The summed E-state index contributed by atoms with van der Waals surface area (Å²) in [4.78, 5) is 2.33. The Bertz CT molecular complexity index is 392. The zero-order valence-corrected chi connectivity index (χ0v) is 10.9. The van der Waals surface area contributed by atoms with Crippen molar-refractivity contribution in [3.05, 3.63) is 30.3 Å². The maximum absolute atomic E-state index is 8.74. The SMILES string of the molecule is N#CCCN(CC1(CS)CC1)c1ccccc1. The van der Waals surface area contributed by atoms with Crippen LogP contribution in [0.3, 0.4) is 0 Å². The van der Waals surface area contributed by atoms with E-state index in [9.17, 15) is 0 Å². The van der Waals surface area contributed by atoms with Crippen LogP contribution in [0, 0.1) is 16.7 Å². The molecule has 0 heterocycles. The van der Waals surface area contributed by atoms with Gasteiger partial charge >= 0.3 is 0 Å². The molecule has 1 aromatic rings. The fourth-order valence-electron chi connectivity index (χ4n) is 2.07. The van der Waals surface area contributed by atoms with Gasteiger partial charge in [0.2, 0.25) is 0 Å². The summed E-state index contributed by atoms with van der Waals surface area (Å²) in [5.74, 6) is 0.947. The van der Waals surface area contributed by atoms with Crippen molar-refractivity contribution in [1.82, 2.24) is 0 Å². The van der Waals surface area contributed by atoms with E-state index in [1.165, 1.54) is 18.5 Å². The number of anilines is 1. The molecule has 0 unspecified atom stereocenters. The van der Waals surface area contributed by atoms with Crippen LogP contribution < -0.4 is 4.90 Å². The fourth-order valence-corrected chi connectivity index (χ4v) is 2.49. The van der Waals surface area contributed by atoms with Gasteiger partial charge in [0, 0.05) is 18.8 Å². The third kappa shape index (κ3) is 3.17. The van der Waals surface area contributed by atoms with Crippen molar-refractivity contribution in [2.75, 3.05) is 23.7 Å². The molecule has 0 N–H and O–H groups in total. The lowest BCUT2D eigenvalue weighted by Crippen LogP contribution is -2.32. The predicted molar refractivity (Wildman–Crippen MR) is 74.4 cm³/mol. The number of para-hydroxylation sites is 1. The number of nitrogens with zero attached hydrogens (tertiary/aromatic N) is 2. The maximum Gasteiger partial charge on any atom is 0.0640 e. The van der Waals surface area contributed by atoms with Gasteiger partial charge in [-0.25, -0.2) is 0 Å². The molecule has 3 heteroatoms. The molecule has 0 bridgehead atoms. The van der Waals surface area contributed by atoms with E-state index in [1.807, 2.05) is 6.07 Å². The highest BCUT2D eigenvalue weighted by molar-refractivity contribution is 7.80. The van der Waals surface area contributed by atoms with Crippen LogP contribution in [-0.4, -0.2) is 18.8 Å². The minimum Gasteiger partial charge on any atom is -0.370 e. The van der Waals surface area contributed by atoms with E-state index in [0.29, 0.717) is 11.8 Å². The zero-order chi connectivity index (χ0) is 12.1. The highest BCUT2D eigenvalue weighted by atomic mass is 32.1. The lowest BCUT2D eigenvalue weighted by Gasteiger charge is -2.28. The molecule has 2 rings (SSSR count). The van der Waals surface area contributed by atoms with Crippen LogP contribution in [0.2, 0.25) is 0 Å². The predicted octanol–water partition coefficient (Wildman–Crippen LogP) is 3.12. The van der Waals surface area contributed by atoms with E-state index < -0.39 is 0 Å². The highest BCUT2D eigenvalue weighted by Gasteiger charge is 2.42. The van der Waals surface area contributed by atoms with Crippen LogP contribution in [0.5, 0.6) is 0 Å². The molecule has 1 saturated carbocycles. The molecule has 1 aromatic carbocycles. The topological polar surface area (TPSA) is 27.0 Å². The Labute approximate surface area is 109 Å². The number of thiol groups is 1. The van der Waals surface area contributed by atoms with Gasteiger partial charge in [0.25, 0.3) is 0 Å². The molecule has 17 heavy (non-hydrogen) atoms. The number of nitriles is 1. The fraction of sp³-hybridized carbons (Fsp3) is 0.500. The van der Waals surface area contributed by atoms with E-state index in [0.717, 1.165) is 18.8 Å². The van der Waals surface area contributed by atoms with Crippen LogP contribution >= 0.6 is 12.6 Å². The van der Waals surface area contributed by atoms with E-state index >= 15 is 0 Å². The van der Waals surface area contributed by atoms with Gasteiger partial charge in [0.15, 0.2) is 0 Å². The van der Waals surface area contributed by atoms with Crippen LogP contribution in [0.15, 0.2) is 30.3 Å². The van der Waals surface area contributed by atoms with Crippen LogP contribution in [0.1, 0.15) is 19.3 Å². The molecular weight excluding hydrogens is 228 g/mol. The Morgan fingerprint density at radius 3 is 2.53 bits per heavy atom. The third-order valence-corrected chi connectivity index (χ3v) is 4.10. The Morgan fingerprint density at radius 1 is 1.29 bits per heavy atom. The summed E-state index contributed by atoms with van der Waals surface area (Å²) in [7, 11) is 0. The van der Waals surface area contributed by atoms with Crippen LogP contribution in [0.25, 0.3) is 0 Å². The number of hydrogen-bond acceptors (Lipinski definition) is 3. The van der Waals surface area contributed by atoms with Gasteiger partial charge in [-0.1, -0.05) is 18.2 Å². The van der Waals surface area contributed by atoms with Crippen molar-refractivity contribution in [1.29, 1.82) is 5.26 Å². The molecule has 1 aliphatic rings. The molecular formula is C14H18N2S. The summed E-state index contributed by atoms with van der Waals surface area (Å²) in [6.07, 6.45) is 3.12. The number of benzene rings is 1. The average molecular weight is 246 g/mol. The second-order valence-corrected chi connectivity index (χ2v) is 5.14. The Hall–Kier alpha value is -1.14. The molecule has 0 radical (unpaired) electrons. The lowest BCUT2D eigenvalue weighted by molar-refractivity contribution is 0.561. The Balaban J connectivity index is 2.06. The van der Waals surface area contributed by atoms with Gasteiger partial charge < -0.3 is 4.90 Å². The van der Waals surface area contributed by atoms with Crippen molar-refractivity contribution in [2.24, 2.45) is 5.41 Å². The second-order valence-electron chi connectivity index (χ2n) is 4.82.